The number of aryl methyl sites for hydroxylation is 1. The van der Waals surface area contributed by atoms with Gasteiger partial charge in [0, 0.05) is 31.7 Å². The number of benzene rings is 1. The van der Waals surface area contributed by atoms with E-state index in [0.717, 1.165) is 0 Å². The number of aromatic nitrogens is 2. The number of nitrogens with zero attached hydrogens (tertiary/aromatic N) is 1. The number of hydrogen-bond donors (Lipinski definition) is 1. The normalized spacial score (nSPS) is 19.9. The smallest absolute Gasteiger partial charge is 0.343 e. The van der Waals surface area contributed by atoms with Crippen LogP contribution < -0.4 is 16.0 Å². The molecule has 1 aromatic carbocycles. The van der Waals surface area contributed by atoms with Gasteiger partial charge in [-0.1, -0.05) is 45.9 Å². The topological polar surface area (TPSA) is 118 Å². The Labute approximate surface area is 237 Å². The number of methoxy groups -OCH3 is 1. The Morgan fingerprint density at radius 3 is 2.40 bits per heavy atom. The third kappa shape index (κ3) is 7.79. The van der Waals surface area contributed by atoms with Crippen LogP contribution in [0.25, 0.3) is 0 Å². The summed E-state index contributed by atoms with van der Waals surface area (Å²) in [5.41, 5.74) is -0.958. The van der Waals surface area contributed by atoms with Gasteiger partial charge in [-0.25, -0.2) is 4.79 Å². The van der Waals surface area contributed by atoms with Crippen molar-refractivity contribution in [3.63, 3.8) is 0 Å². The molecule has 1 N–H and O–H groups in total. The second-order valence-corrected chi connectivity index (χ2v) is 15.9. The number of para-hydroxylation sites is 1. The summed E-state index contributed by atoms with van der Waals surface area (Å²) in [5.74, 6) is 0.204. The first-order valence-electron chi connectivity index (χ1n) is 13.9. The molecule has 3 atom stereocenters. The average Bonchev–Trinajstić information content (AvgIpc) is 3.31. The lowest BCUT2D eigenvalue weighted by atomic mass is 10.0. The Morgan fingerprint density at radius 1 is 1.15 bits per heavy atom. The zero-order chi connectivity index (χ0) is 29.7. The van der Waals surface area contributed by atoms with Crippen molar-refractivity contribution in [2.75, 3.05) is 13.7 Å². The third-order valence-corrected chi connectivity index (χ3v) is 12.1. The number of hydrogen-bond acceptors (Lipinski definition) is 8. The molecule has 1 aliphatic heterocycles. The molecule has 1 aliphatic rings. The molecule has 0 radical (unpaired) electrons. The quantitative estimate of drug-likeness (QED) is 0.209. The summed E-state index contributed by atoms with van der Waals surface area (Å²) in [6.45, 7) is 14.2. The number of rotatable bonds is 13. The van der Waals surface area contributed by atoms with Crippen LogP contribution in [-0.2, 0) is 23.1 Å². The Bertz CT molecular complexity index is 1230. The zero-order valence-electron chi connectivity index (χ0n) is 24.9. The van der Waals surface area contributed by atoms with Crippen LogP contribution >= 0.6 is 0 Å². The molecule has 0 aliphatic carbocycles. The summed E-state index contributed by atoms with van der Waals surface area (Å²) >= 11 is 0. The van der Waals surface area contributed by atoms with E-state index in [1.807, 2.05) is 32.0 Å². The predicted molar refractivity (Wildman–Crippen MR) is 154 cm³/mol. The number of esters is 1. The van der Waals surface area contributed by atoms with E-state index in [1.54, 1.807) is 26.2 Å². The van der Waals surface area contributed by atoms with Gasteiger partial charge in [0.15, 0.2) is 0 Å². The van der Waals surface area contributed by atoms with E-state index >= 15 is 0 Å². The fourth-order valence-corrected chi connectivity index (χ4v) is 9.02. The number of carbonyl (C=O) groups excluding carboxylic acids is 1. The first kappa shape index (κ1) is 31.9. The fourth-order valence-electron chi connectivity index (χ4n) is 5.10. The van der Waals surface area contributed by atoms with Gasteiger partial charge in [0.25, 0.3) is 5.56 Å². The molecule has 10 nitrogen and oxygen atoms in total. The van der Waals surface area contributed by atoms with Gasteiger partial charge in [0.2, 0.25) is 0 Å². The van der Waals surface area contributed by atoms with Crippen molar-refractivity contribution >= 4 is 14.5 Å². The van der Waals surface area contributed by atoms with Crippen LogP contribution in [0.2, 0.25) is 11.1 Å². The van der Waals surface area contributed by atoms with E-state index in [2.05, 4.69) is 32.7 Å². The molecule has 0 bridgehead atoms. The van der Waals surface area contributed by atoms with Crippen LogP contribution in [0.15, 0.2) is 46.1 Å². The third-order valence-electron chi connectivity index (χ3n) is 7.36. The van der Waals surface area contributed by atoms with Crippen LogP contribution in [0.4, 0.5) is 0 Å². The van der Waals surface area contributed by atoms with Crippen molar-refractivity contribution in [3.8, 4) is 5.75 Å². The maximum atomic E-state index is 12.5. The molecule has 2 heterocycles. The van der Waals surface area contributed by atoms with Crippen molar-refractivity contribution in [3.05, 3.63) is 62.9 Å². The van der Waals surface area contributed by atoms with Crippen LogP contribution in [0.5, 0.6) is 5.75 Å². The minimum atomic E-state index is -2.87. The van der Waals surface area contributed by atoms with Gasteiger partial charge in [0.1, 0.15) is 18.1 Å². The van der Waals surface area contributed by atoms with E-state index in [0.29, 0.717) is 24.2 Å². The summed E-state index contributed by atoms with van der Waals surface area (Å²) in [6, 6.07) is 9.01. The van der Waals surface area contributed by atoms with Gasteiger partial charge in [-0.05, 0) is 50.4 Å². The van der Waals surface area contributed by atoms with Crippen LogP contribution in [0, 0.1) is 6.92 Å². The van der Waals surface area contributed by atoms with E-state index in [9.17, 15) is 14.4 Å². The van der Waals surface area contributed by atoms with Gasteiger partial charge >= 0.3 is 20.2 Å². The highest BCUT2D eigenvalue weighted by Gasteiger charge is 2.50. The van der Waals surface area contributed by atoms with Crippen LogP contribution in [-0.4, -0.2) is 55.6 Å². The number of aromatic amines is 1. The van der Waals surface area contributed by atoms with E-state index in [4.69, 9.17) is 23.1 Å². The van der Waals surface area contributed by atoms with Crippen molar-refractivity contribution in [2.45, 2.75) is 103 Å². The summed E-state index contributed by atoms with van der Waals surface area (Å²) in [7, 11) is -1.27. The Morgan fingerprint density at radius 2 is 1.80 bits per heavy atom. The summed E-state index contributed by atoms with van der Waals surface area (Å²) in [6.07, 6.45) is 1.27. The van der Waals surface area contributed by atoms with Gasteiger partial charge in [-0.2, -0.15) is 0 Å². The SMILES string of the molecule is COC1C[C@H](n2cc(C)c(=O)[nH]c2=O)O[C@@H]1CO[Si](OC(C)(C)CCC(=O)Oc1ccccc1)(C(C)C)C(C)C. The lowest BCUT2D eigenvalue weighted by Crippen LogP contribution is -2.54. The maximum Gasteiger partial charge on any atom is 0.343 e. The van der Waals surface area contributed by atoms with Gasteiger partial charge in [0.05, 0.1) is 18.3 Å². The molecule has 0 amide bonds. The van der Waals surface area contributed by atoms with Gasteiger partial charge in [-0.3, -0.25) is 19.1 Å². The van der Waals surface area contributed by atoms with Crippen molar-refractivity contribution in [1.82, 2.24) is 9.55 Å². The van der Waals surface area contributed by atoms with Crippen molar-refractivity contribution in [2.24, 2.45) is 0 Å². The van der Waals surface area contributed by atoms with Gasteiger partial charge < -0.3 is 23.1 Å². The molecular weight excluding hydrogens is 532 g/mol. The minimum Gasteiger partial charge on any atom is -0.427 e. The van der Waals surface area contributed by atoms with Crippen LogP contribution in [0.3, 0.4) is 0 Å². The van der Waals surface area contributed by atoms with Gasteiger partial charge in [-0.15, -0.1) is 0 Å². The average molecular weight is 577 g/mol. The Kier molecular flexibility index (Phi) is 10.7. The minimum absolute atomic E-state index is 0.103. The molecule has 2 aromatic rings. The van der Waals surface area contributed by atoms with Crippen LogP contribution in [0.1, 0.15) is 72.6 Å². The Balaban J connectivity index is 1.70. The van der Waals surface area contributed by atoms with Crippen molar-refractivity contribution < 1.29 is 27.9 Å². The second-order valence-electron chi connectivity index (χ2n) is 11.6. The van der Waals surface area contributed by atoms with Crippen molar-refractivity contribution in [1.29, 1.82) is 0 Å². The number of ether oxygens (including phenoxy) is 3. The number of H-pyrrole nitrogens is 1. The maximum absolute atomic E-state index is 12.5. The fraction of sp³-hybridized carbons (Fsp3) is 0.621. The molecule has 3 rings (SSSR count). The van der Waals surface area contributed by atoms with E-state index in [1.165, 1.54) is 10.8 Å². The molecule has 0 spiro atoms. The molecular formula is C29H44N2O8Si. The standard InChI is InChI=1S/C29H44N2O8Si/c1-19(2)40(20(3)4,39-29(6,7)15-14-26(32)37-22-12-10-9-11-13-22)36-18-24-23(35-8)16-25(38-24)31-17-21(5)27(33)30-28(31)34/h9-13,17,19-20,23-25H,14-16,18H2,1-8H3,(H,30,33,34)/t23?,24-,25-/m1/s1. The zero-order valence-corrected chi connectivity index (χ0v) is 25.9. The molecule has 1 saturated heterocycles. The highest BCUT2D eigenvalue weighted by Crippen LogP contribution is 2.40. The molecule has 222 valence electrons. The first-order chi connectivity index (χ1) is 18.8. The predicted octanol–water partition coefficient (Wildman–Crippen LogP) is 4.61. The summed E-state index contributed by atoms with van der Waals surface area (Å²) in [4.78, 5) is 39.1. The number of carbonyl (C=O) groups is 1. The molecule has 1 aromatic heterocycles. The molecule has 1 fully saturated rings. The Hall–Kier alpha value is -2.57. The lowest BCUT2D eigenvalue weighted by Gasteiger charge is -2.44. The number of nitrogens with one attached hydrogen (secondary N) is 1. The highest BCUT2D eigenvalue weighted by molar-refractivity contribution is 6.70. The highest BCUT2D eigenvalue weighted by atomic mass is 28.4. The van der Waals surface area contributed by atoms with E-state index in [-0.39, 0.29) is 36.2 Å². The largest absolute Gasteiger partial charge is 0.427 e. The molecule has 1 unspecified atom stereocenters. The molecule has 40 heavy (non-hydrogen) atoms. The molecule has 11 heteroatoms. The monoisotopic (exact) mass is 576 g/mol. The second kappa shape index (κ2) is 13.4. The van der Waals surface area contributed by atoms with E-state index < -0.39 is 37.7 Å². The lowest BCUT2D eigenvalue weighted by molar-refractivity contribution is -0.135. The summed E-state index contributed by atoms with van der Waals surface area (Å²) in [5, 5.41) is 0. The molecule has 0 saturated carbocycles. The summed E-state index contributed by atoms with van der Waals surface area (Å²) < 4.78 is 32.4. The first-order valence-corrected chi connectivity index (χ1v) is 15.8.